The molecule has 2 aliphatic rings. The Morgan fingerprint density at radius 1 is 1.15 bits per heavy atom. The van der Waals surface area contributed by atoms with Crippen LogP contribution in [0.2, 0.25) is 5.02 Å². The first-order valence-corrected chi connectivity index (χ1v) is 10.4. The second kappa shape index (κ2) is 9.45. The first-order valence-electron chi connectivity index (χ1n) is 10.0. The molecule has 1 saturated carbocycles. The number of hydrogen-bond acceptors (Lipinski definition) is 3. The van der Waals surface area contributed by atoms with Gasteiger partial charge in [-0.1, -0.05) is 36.9 Å². The van der Waals surface area contributed by atoms with Crippen molar-refractivity contribution in [2.24, 2.45) is 5.92 Å². The van der Waals surface area contributed by atoms with Crippen LogP contribution in [0.25, 0.3) is 0 Å². The van der Waals surface area contributed by atoms with Gasteiger partial charge in [-0.05, 0) is 50.8 Å². The number of carbonyl (C=O) groups is 2. The number of ether oxygens (including phenoxy) is 1. The lowest BCUT2D eigenvalue weighted by atomic mass is 9.87. The third-order valence-electron chi connectivity index (χ3n) is 5.59. The maximum atomic E-state index is 12.6. The number of nitrogens with zero attached hydrogens (tertiary/aromatic N) is 1. The highest BCUT2D eigenvalue weighted by Gasteiger charge is 2.30. The van der Waals surface area contributed by atoms with Crippen LogP contribution in [0.4, 0.5) is 0 Å². The average Bonchev–Trinajstić information content (AvgIpc) is 2.68. The van der Waals surface area contributed by atoms with Crippen molar-refractivity contribution in [3.05, 3.63) is 29.3 Å². The predicted molar refractivity (Wildman–Crippen MR) is 106 cm³/mol. The predicted octanol–water partition coefficient (Wildman–Crippen LogP) is 3.79. The summed E-state index contributed by atoms with van der Waals surface area (Å²) in [4.78, 5) is 27.0. The van der Waals surface area contributed by atoms with E-state index in [-0.39, 0.29) is 17.9 Å². The minimum absolute atomic E-state index is 0.0957. The Morgan fingerprint density at radius 3 is 2.52 bits per heavy atom. The molecular formula is C21H29ClN2O3. The normalized spacial score (nSPS) is 20.1. The van der Waals surface area contributed by atoms with Gasteiger partial charge in [0, 0.05) is 30.1 Å². The molecule has 6 heteroatoms. The van der Waals surface area contributed by atoms with Crippen molar-refractivity contribution in [3.8, 4) is 5.75 Å². The molecule has 0 bridgehead atoms. The molecule has 1 unspecified atom stereocenters. The maximum Gasteiger partial charge on any atom is 0.260 e. The monoisotopic (exact) mass is 392 g/mol. The van der Waals surface area contributed by atoms with E-state index in [2.05, 4.69) is 5.32 Å². The van der Waals surface area contributed by atoms with Gasteiger partial charge in [0.2, 0.25) is 5.91 Å². The van der Waals surface area contributed by atoms with Crippen LogP contribution < -0.4 is 10.1 Å². The third-order valence-corrected chi connectivity index (χ3v) is 5.82. The van der Waals surface area contributed by atoms with Crippen LogP contribution in [-0.4, -0.2) is 41.9 Å². The lowest BCUT2D eigenvalue weighted by Crippen LogP contribution is -2.50. The van der Waals surface area contributed by atoms with Crippen molar-refractivity contribution in [3.63, 3.8) is 0 Å². The molecule has 1 aromatic carbocycles. The van der Waals surface area contributed by atoms with Gasteiger partial charge < -0.3 is 15.0 Å². The van der Waals surface area contributed by atoms with Crippen LogP contribution >= 0.6 is 11.6 Å². The van der Waals surface area contributed by atoms with Gasteiger partial charge in [0.25, 0.3) is 5.91 Å². The van der Waals surface area contributed by atoms with Crippen LogP contribution in [0.15, 0.2) is 24.3 Å². The molecular weight excluding hydrogens is 364 g/mol. The molecule has 1 atom stereocenters. The molecule has 148 valence electrons. The fraction of sp³-hybridized carbons (Fsp3) is 0.619. The highest BCUT2D eigenvalue weighted by Crippen LogP contribution is 2.26. The number of nitrogens with one attached hydrogen (secondary N) is 1. The van der Waals surface area contributed by atoms with E-state index >= 15 is 0 Å². The molecule has 1 heterocycles. The van der Waals surface area contributed by atoms with E-state index in [1.54, 1.807) is 31.2 Å². The highest BCUT2D eigenvalue weighted by molar-refractivity contribution is 6.30. The minimum atomic E-state index is -0.592. The zero-order valence-corrected chi connectivity index (χ0v) is 16.7. The zero-order valence-electron chi connectivity index (χ0n) is 16.0. The van der Waals surface area contributed by atoms with Crippen LogP contribution in [0, 0.1) is 5.92 Å². The molecule has 2 amide bonds. The lowest BCUT2D eigenvalue weighted by molar-refractivity contribution is -0.137. The summed E-state index contributed by atoms with van der Waals surface area (Å²) in [6.45, 7) is 3.19. The number of halogens is 1. The van der Waals surface area contributed by atoms with Crippen molar-refractivity contribution >= 4 is 23.4 Å². The van der Waals surface area contributed by atoms with Gasteiger partial charge >= 0.3 is 0 Å². The van der Waals surface area contributed by atoms with Crippen LogP contribution in [0.5, 0.6) is 5.75 Å². The van der Waals surface area contributed by atoms with E-state index in [4.69, 9.17) is 16.3 Å². The molecule has 27 heavy (non-hydrogen) atoms. The number of hydrogen-bond donors (Lipinski definition) is 1. The number of amides is 2. The van der Waals surface area contributed by atoms with Crippen molar-refractivity contribution in [1.29, 1.82) is 0 Å². The molecule has 1 saturated heterocycles. The molecule has 5 nitrogen and oxygen atoms in total. The van der Waals surface area contributed by atoms with Gasteiger partial charge in [0.05, 0.1) is 0 Å². The van der Waals surface area contributed by atoms with Gasteiger partial charge in [-0.2, -0.15) is 0 Å². The third kappa shape index (κ3) is 5.61. The number of carbonyl (C=O) groups excluding carboxylic acids is 2. The van der Waals surface area contributed by atoms with E-state index in [0.717, 1.165) is 38.8 Å². The van der Waals surface area contributed by atoms with Crippen LogP contribution in [0.1, 0.15) is 51.9 Å². The summed E-state index contributed by atoms with van der Waals surface area (Å²) >= 11 is 5.95. The second-order valence-corrected chi connectivity index (χ2v) is 8.10. The fourth-order valence-corrected chi connectivity index (χ4v) is 4.15. The van der Waals surface area contributed by atoms with Crippen molar-refractivity contribution < 1.29 is 14.3 Å². The van der Waals surface area contributed by atoms with E-state index < -0.39 is 6.10 Å². The van der Waals surface area contributed by atoms with Crippen molar-refractivity contribution in [2.45, 2.75) is 64.0 Å². The Kier molecular flexibility index (Phi) is 7.00. The molecule has 0 radical (unpaired) electrons. The summed E-state index contributed by atoms with van der Waals surface area (Å²) in [6.07, 6.45) is 6.68. The average molecular weight is 393 g/mol. The maximum absolute atomic E-state index is 12.6. The molecule has 0 spiro atoms. The van der Waals surface area contributed by atoms with E-state index in [0.29, 0.717) is 16.7 Å². The Balaban J connectivity index is 1.42. The van der Waals surface area contributed by atoms with Crippen LogP contribution in [0.3, 0.4) is 0 Å². The Bertz CT molecular complexity index is 653. The topological polar surface area (TPSA) is 58.6 Å². The molecule has 1 aromatic rings. The second-order valence-electron chi connectivity index (χ2n) is 7.66. The Hall–Kier alpha value is -1.75. The first kappa shape index (κ1) is 20.0. The van der Waals surface area contributed by atoms with Crippen LogP contribution in [-0.2, 0) is 9.59 Å². The molecule has 2 fully saturated rings. The summed E-state index contributed by atoms with van der Waals surface area (Å²) in [7, 11) is 0. The number of likely N-dealkylation sites (tertiary alicyclic amines) is 1. The van der Waals surface area contributed by atoms with Crippen molar-refractivity contribution in [1.82, 2.24) is 10.2 Å². The summed E-state index contributed by atoms with van der Waals surface area (Å²) in [5.41, 5.74) is 0. The van der Waals surface area contributed by atoms with Gasteiger partial charge in [-0.15, -0.1) is 0 Å². The number of benzene rings is 1. The van der Waals surface area contributed by atoms with Crippen molar-refractivity contribution in [2.75, 3.05) is 13.1 Å². The molecule has 1 aliphatic heterocycles. The van der Waals surface area contributed by atoms with Gasteiger partial charge in [-0.25, -0.2) is 0 Å². The summed E-state index contributed by atoms with van der Waals surface area (Å²) in [6, 6.07) is 7.13. The highest BCUT2D eigenvalue weighted by atomic mass is 35.5. The quantitative estimate of drug-likeness (QED) is 0.829. The number of piperidine rings is 1. The van der Waals surface area contributed by atoms with Gasteiger partial charge in [0.15, 0.2) is 6.10 Å². The fourth-order valence-electron chi connectivity index (χ4n) is 3.97. The molecule has 0 aromatic heterocycles. The first-order chi connectivity index (χ1) is 13.0. The molecule has 3 rings (SSSR count). The Labute approximate surface area is 166 Å². The molecule has 1 N–H and O–H groups in total. The van der Waals surface area contributed by atoms with E-state index in [1.165, 1.54) is 19.3 Å². The van der Waals surface area contributed by atoms with Gasteiger partial charge in [0.1, 0.15) is 5.75 Å². The zero-order chi connectivity index (χ0) is 19.2. The number of rotatable bonds is 5. The minimum Gasteiger partial charge on any atom is -0.481 e. The Morgan fingerprint density at radius 2 is 1.85 bits per heavy atom. The standard InChI is InChI=1S/C21H29ClN2O3/c1-15(27-19-9-5-8-17(22)14-19)20(25)23-18-10-12-24(13-11-18)21(26)16-6-3-2-4-7-16/h5,8-9,14-16,18H,2-4,6-7,10-13H2,1H3,(H,23,25). The van der Waals surface area contributed by atoms with Gasteiger partial charge in [-0.3, -0.25) is 9.59 Å². The van der Waals surface area contributed by atoms with E-state index in [1.807, 2.05) is 4.90 Å². The van der Waals surface area contributed by atoms with E-state index in [9.17, 15) is 9.59 Å². The SMILES string of the molecule is CC(Oc1cccc(Cl)c1)C(=O)NC1CCN(C(=O)C2CCCCC2)CC1. The lowest BCUT2D eigenvalue weighted by Gasteiger charge is -2.35. The largest absolute Gasteiger partial charge is 0.481 e. The summed E-state index contributed by atoms with van der Waals surface area (Å²) in [5, 5.41) is 3.64. The summed E-state index contributed by atoms with van der Waals surface area (Å²) in [5.74, 6) is 0.984. The molecule has 1 aliphatic carbocycles. The smallest absolute Gasteiger partial charge is 0.260 e. The summed E-state index contributed by atoms with van der Waals surface area (Å²) < 4.78 is 5.68.